The van der Waals surface area contributed by atoms with Gasteiger partial charge in [0.1, 0.15) is 11.5 Å². The number of ether oxygens (including phenoxy) is 1. The molecular weight excluding hydrogens is 249 g/mol. The second-order valence-electron chi connectivity index (χ2n) is 4.98. The fraction of sp³-hybridized carbons (Fsp3) is 0.188. The lowest BCUT2D eigenvalue weighted by Crippen LogP contribution is -2.23. The predicted octanol–water partition coefficient (Wildman–Crippen LogP) is 3.70. The Kier molecular flexibility index (Phi) is 3.21. The Morgan fingerprint density at radius 3 is 2.85 bits per heavy atom. The molecule has 0 radical (unpaired) electrons. The molecule has 2 aromatic carbocycles. The molecule has 0 saturated heterocycles. The van der Waals surface area contributed by atoms with E-state index >= 15 is 0 Å². The molecule has 0 amide bonds. The van der Waals surface area contributed by atoms with E-state index < -0.39 is 0 Å². The minimum absolute atomic E-state index is 0.165. The van der Waals surface area contributed by atoms with Gasteiger partial charge in [-0.15, -0.1) is 0 Å². The van der Waals surface area contributed by atoms with Crippen LogP contribution < -0.4 is 10.2 Å². The van der Waals surface area contributed by atoms with Crippen LogP contribution in [0.4, 0.5) is 5.69 Å². The third-order valence-electron chi connectivity index (χ3n) is 3.56. The van der Waals surface area contributed by atoms with Crippen LogP contribution >= 0.6 is 0 Å². The second kappa shape index (κ2) is 5.03. The van der Waals surface area contributed by atoms with Gasteiger partial charge in [0.05, 0.1) is 13.2 Å². The molecule has 3 rings (SSSR count). The van der Waals surface area contributed by atoms with E-state index in [9.17, 15) is 0 Å². The molecule has 98 valence electrons. The van der Waals surface area contributed by atoms with Gasteiger partial charge in [0.25, 0.3) is 0 Å². The lowest BCUT2D eigenvalue weighted by atomic mass is 9.64. The summed E-state index contributed by atoms with van der Waals surface area (Å²) in [6.07, 6.45) is 0. The second-order valence-corrected chi connectivity index (χ2v) is 4.98. The highest BCUT2D eigenvalue weighted by Gasteiger charge is 2.23. The van der Waals surface area contributed by atoms with Gasteiger partial charge in [0.15, 0.2) is 5.69 Å². The minimum atomic E-state index is 0.165. The Hall–Kier alpha value is -2.25. The summed E-state index contributed by atoms with van der Waals surface area (Å²) in [7, 11) is 0. The molecule has 0 fully saturated rings. The zero-order valence-corrected chi connectivity index (χ0v) is 11.5. The topological polar surface area (TPSA) is 22.8 Å². The maximum Gasteiger partial charge on any atom is 0.324 e. The maximum absolute atomic E-state index is 7.00. The van der Waals surface area contributed by atoms with Crippen LogP contribution in [0.3, 0.4) is 0 Å². The predicted molar refractivity (Wildman–Crippen MR) is 80.0 cm³/mol. The van der Waals surface area contributed by atoms with E-state index in [2.05, 4.69) is 17.7 Å². The van der Waals surface area contributed by atoms with Gasteiger partial charge in [-0.25, -0.2) is 4.85 Å². The van der Waals surface area contributed by atoms with Gasteiger partial charge in [-0.1, -0.05) is 19.0 Å². The van der Waals surface area contributed by atoms with Crippen LogP contribution in [0.1, 0.15) is 11.1 Å². The van der Waals surface area contributed by atoms with Crippen molar-refractivity contribution in [1.29, 1.82) is 0 Å². The Balaban J connectivity index is 1.87. The van der Waals surface area contributed by atoms with Crippen LogP contribution in [0, 0.1) is 13.5 Å². The molecule has 1 heterocycles. The molecule has 0 spiro atoms. The third-order valence-corrected chi connectivity index (χ3v) is 3.56. The summed E-state index contributed by atoms with van der Waals surface area (Å²) in [5.41, 5.74) is 4.01. The van der Waals surface area contributed by atoms with Crippen LogP contribution in [-0.4, -0.2) is 6.92 Å². The van der Waals surface area contributed by atoms with E-state index in [-0.39, 0.29) is 6.92 Å². The lowest BCUT2D eigenvalue weighted by Gasteiger charge is -2.10. The van der Waals surface area contributed by atoms with E-state index in [0.717, 1.165) is 17.1 Å². The molecule has 0 unspecified atom stereocenters. The lowest BCUT2D eigenvalue weighted by molar-refractivity contribution is 0.333. The van der Waals surface area contributed by atoms with Crippen molar-refractivity contribution in [1.82, 2.24) is 0 Å². The van der Waals surface area contributed by atoms with Crippen molar-refractivity contribution in [2.45, 2.75) is 20.4 Å². The zero-order valence-electron chi connectivity index (χ0n) is 11.5. The highest BCUT2D eigenvalue weighted by Crippen LogP contribution is 2.29. The maximum atomic E-state index is 7.00. The van der Waals surface area contributed by atoms with Crippen molar-refractivity contribution >= 4 is 18.1 Å². The van der Waals surface area contributed by atoms with E-state index in [1.807, 2.05) is 31.2 Å². The molecule has 0 aromatic heterocycles. The molecule has 1 aliphatic rings. The van der Waals surface area contributed by atoms with Gasteiger partial charge in [-0.2, -0.15) is 0 Å². The van der Waals surface area contributed by atoms with Crippen molar-refractivity contribution in [2.75, 3.05) is 0 Å². The molecule has 20 heavy (non-hydrogen) atoms. The first-order valence-corrected chi connectivity index (χ1v) is 6.58. The van der Waals surface area contributed by atoms with Gasteiger partial charge in [-0.3, -0.25) is 0 Å². The van der Waals surface area contributed by atoms with Crippen LogP contribution in [0.2, 0.25) is 6.82 Å². The fourth-order valence-corrected chi connectivity index (χ4v) is 2.42. The molecular formula is C16H14BNO2. The van der Waals surface area contributed by atoms with Gasteiger partial charge >= 0.3 is 6.92 Å². The summed E-state index contributed by atoms with van der Waals surface area (Å²) in [5.74, 6) is 1.59. The smallest absolute Gasteiger partial charge is 0.324 e. The number of hydrogen-bond acceptors (Lipinski definition) is 2. The number of benzene rings is 2. The average molecular weight is 263 g/mol. The van der Waals surface area contributed by atoms with Crippen LogP contribution in [-0.2, 0) is 11.3 Å². The molecule has 3 nitrogen and oxygen atoms in total. The van der Waals surface area contributed by atoms with E-state index in [1.54, 1.807) is 6.07 Å². The average Bonchev–Trinajstić information content (AvgIpc) is 2.82. The van der Waals surface area contributed by atoms with Gasteiger partial charge in [0.2, 0.25) is 0 Å². The third kappa shape index (κ3) is 2.28. The van der Waals surface area contributed by atoms with Crippen LogP contribution in [0.15, 0.2) is 36.4 Å². The fourth-order valence-electron chi connectivity index (χ4n) is 2.42. The summed E-state index contributed by atoms with van der Waals surface area (Å²) >= 11 is 0. The normalized spacial score (nSPS) is 12.9. The molecule has 1 aliphatic heterocycles. The van der Waals surface area contributed by atoms with Crippen molar-refractivity contribution < 1.29 is 9.39 Å². The Morgan fingerprint density at radius 1 is 1.25 bits per heavy atom. The first-order chi connectivity index (χ1) is 9.67. The van der Waals surface area contributed by atoms with Crippen molar-refractivity contribution in [3.05, 3.63) is 58.9 Å². The molecule has 0 aliphatic carbocycles. The number of fused-ring (bicyclic) bond motifs is 1. The Morgan fingerprint density at radius 2 is 2.10 bits per heavy atom. The van der Waals surface area contributed by atoms with Crippen LogP contribution in [0.25, 0.3) is 4.85 Å². The Labute approximate surface area is 119 Å². The Bertz CT molecular complexity index is 706. The minimum Gasteiger partial charge on any atom is -0.457 e. The van der Waals surface area contributed by atoms with Gasteiger partial charge in [0, 0.05) is 0 Å². The molecule has 4 heteroatoms. The van der Waals surface area contributed by atoms with Gasteiger partial charge < -0.3 is 9.39 Å². The first-order valence-electron chi connectivity index (χ1n) is 6.58. The quantitative estimate of drug-likeness (QED) is 0.609. The molecule has 0 saturated carbocycles. The standard InChI is InChI=1S/C16H14BNO2/c1-11-8-13(18-3)4-7-16(11)20-14-5-6-15-12(9-14)10-19-17(15)2/h4-9H,10H2,1-2H3. The van der Waals surface area contributed by atoms with Crippen molar-refractivity contribution in [3.8, 4) is 11.5 Å². The number of aryl methyl sites for hydroxylation is 1. The van der Waals surface area contributed by atoms with E-state index in [0.29, 0.717) is 12.3 Å². The monoisotopic (exact) mass is 263 g/mol. The van der Waals surface area contributed by atoms with Gasteiger partial charge in [-0.05, 0) is 47.8 Å². The summed E-state index contributed by atoms with van der Waals surface area (Å²) in [6.45, 7) is 11.8. The van der Waals surface area contributed by atoms with Crippen LogP contribution in [0.5, 0.6) is 11.5 Å². The first kappa shape index (κ1) is 12.8. The highest BCUT2D eigenvalue weighted by molar-refractivity contribution is 6.67. The van der Waals surface area contributed by atoms with Crippen molar-refractivity contribution in [3.63, 3.8) is 0 Å². The molecule has 2 aromatic rings. The summed E-state index contributed by atoms with van der Waals surface area (Å²) < 4.78 is 11.5. The van der Waals surface area contributed by atoms with Crippen molar-refractivity contribution in [2.24, 2.45) is 0 Å². The summed E-state index contributed by atoms with van der Waals surface area (Å²) in [4.78, 5) is 3.41. The SMILES string of the molecule is [C-]#[N+]c1ccc(Oc2ccc3c(c2)COB3C)c(C)c1. The molecule has 0 bridgehead atoms. The highest BCUT2D eigenvalue weighted by atomic mass is 16.5. The largest absolute Gasteiger partial charge is 0.457 e. The molecule has 0 N–H and O–H groups in total. The van der Waals surface area contributed by atoms with E-state index in [4.69, 9.17) is 16.0 Å². The van der Waals surface area contributed by atoms with E-state index in [1.165, 1.54) is 11.0 Å². The zero-order chi connectivity index (χ0) is 14.1. The summed E-state index contributed by atoms with van der Waals surface area (Å²) in [5, 5.41) is 0. The molecule has 0 atom stereocenters. The number of nitrogens with zero attached hydrogens (tertiary/aromatic N) is 1. The number of rotatable bonds is 2. The summed E-state index contributed by atoms with van der Waals surface area (Å²) in [6, 6.07) is 11.5. The number of hydrogen-bond donors (Lipinski definition) is 0.